The molecule has 4 rings (SSSR count). The van der Waals surface area contributed by atoms with Gasteiger partial charge in [0.25, 0.3) is 8.32 Å². The van der Waals surface area contributed by atoms with Crippen molar-refractivity contribution < 1.29 is 23.4 Å². The summed E-state index contributed by atoms with van der Waals surface area (Å²) in [7, 11) is -1.15. The molecule has 0 unspecified atom stereocenters. The summed E-state index contributed by atoms with van der Waals surface area (Å²) < 4.78 is 32.1. The van der Waals surface area contributed by atoms with Crippen molar-refractivity contribution in [3.8, 4) is 0 Å². The number of methoxy groups -OCH3 is 1. The fraction of sp³-hybridized carbons (Fsp3) is 0.538. The van der Waals surface area contributed by atoms with Crippen molar-refractivity contribution in [2.45, 2.75) is 83.1 Å². The fourth-order valence-electron chi connectivity index (χ4n) is 5.16. The van der Waals surface area contributed by atoms with Crippen LogP contribution in [0.15, 0.2) is 60.7 Å². The summed E-state index contributed by atoms with van der Waals surface area (Å²) in [5.41, 5.74) is 0. The van der Waals surface area contributed by atoms with Crippen LogP contribution in [0.2, 0.25) is 5.04 Å². The maximum Gasteiger partial charge on any atom is 0.261 e. The van der Waals surface area contributed by atoms with Crippen LogP contribution in [0.25, 0.3) is 0 Å². The molecule has 0 amide bonds. The van der Waals surface area contributed by atoms with E-state index in [9.17, 15) is 0 Å². The van der Waals surface area contributed by atoms with Crippen LogP contribution in [-0.2, 0) is 23.4 Å². The van der Waals surface area contributed by atoms with Crippen molar-refractivity contribution in [1.82, 2.24) is 0 Å². The minimum atomic E-state index is -2.82. The third kappa shape index (κ3) is 4.09. The van der Waals surface area contributed by atoms with Gasteiger partial charge in [-0.25, -0.2) is 0 Å². The van der Waals surface area contributed by atoms with E-state index in [1.54, 1.807) is 7.11 Å². The monoisotopic (exact) mass is 456 g/mol. The van der Waals surface area contributed by atoms with Crippen LogP contribution in [0.5, 0.6) is 0 Å². The van der Waals surface area contributed by atoms with Gasteiger partial charge in [0.05, 0.1) is 6.10 Å². The first-order valence-electron chi connectivity index (χ1n) is 11.4. The molecule has 0 N–H and O–H groups in total. The first kappa shape index (κ1) is 23.6. The molecule has 2 aliphatic rings. The van der Waals surface area contributed by atoms with Crippen LogP contribution < -0.4 is 10.4 Å². The van der Waals surface area contributed by atoms with Crippen LogP contribution in [0, 0.1) is 0 Å². The fourth-order valence-corrected chi connectivity index (χ4v) is 9.83. The third-order valence-corrected chi connectivity index (χ3v) is 11.6. The second kappa shape index (κ2) is 8.67. The van der Waals surface area contributed by atoms with Gasteiger partial charge in [-0.2, -0.15) is 0 Å². The molecule has 32 heavy (non-hydrogen) atoms. The number of fused-ring (bicyclic) bond motifs is 1. The van der Waals surface area contributed by atoms with E-state index in [0.29, 0.717) is 0 Å². The summed E-state index contributed by atoms with van der Waals surface area (Å²) in [4.78, 5) is 0. The highest BCUT2D eigenvalue weighted by Crippen LogP contribution is 2.43. The van der Waals surface area contributed by atoms with E-state index in [1.165, 1.54) is 10.4 Å². The van der Waals surface area contributed by atoms with E-state index in [4.69, 9.17) is 23.4 Å². The summed E-state index contributed by atoms with van der Waals surface area (Å²) >= 11 is 0. The Morgan fingerprint density at radius 2 is 1.34 bits per heavy atom. The van der Waals surface area contributed by atoms with Gasteiger partial charge in [0, 0.05) is 7.11 Å². The summed E-state index contributed by atoms with van der Waals surface area (Å²) in [5.74, 6) is -0.706. The van der Waals surface area contributed by atoms with Gasteiger partial charge in [-0.3, -0.25) is 0 Å². The van der Waals surface area contributed by atoms with Crippen molar-refractivity contribution in [1.29, 1.82) is 0 Å². The van der Waals surface area contributed by atoms with Gasteiger partial charge in [-0.15, -0.1) is 0 Å². The van der Waals surface area contributed by atoms with Crippen molar-refractivity contribution in [3.63, 3.8) is 0 Å². The predicted molar refractivity (Wildman–Crippen MR) is 128 cm³/mol. The van der Waals surface area contributed by atoms with Crippen molar-refractivity contribution in [2.75, 3.05) is 7.11 Å². The molecule has 2 heterocycles. The lowest BCUT2D eigenvalue weighted by molar-refractivity contribution is -0.260. The minimum absolute atomic E-state index is 0.161. The lowest BCUT2D eigenvalue weighted by Crippen LogP contribution is -2.71. The largest absolute Gasteiger partial charge is 0.396 e. The summed E-state index contributed by atoms with van der Waals surface area (Å²) in [5, 5.41) is 2.26. The molecule has 2 aliphatic heterocycles. The maximum absolute atomic E-state index is 7.36. The summed E-state index contributed by atoms with van der Waals surface area (Å²) in [6, 6.07) is 21.2. The molecule has 0 aromatic heterocycles. The zero-order chi connectivity index (χ0) is 23.1. The molecule has 5 nitrogen and oxygen atoms in total. The average Bonchev–Trinajstić information content (AvgIpc) is 3.09. The van der Waals surface area contributed by atoms with E-state index >= 15 is 0 Å². The Morgan fingerprint density at radius 3 is 1.81 bits per heavy atom. The Balaban J connectivity index is 1.87. The van der Waals surface area contributed by atoms with Gasteiger partial charge < -0.3 is 23.4 Å². The average molecular weight is 457 g/mol. The van der Waals surface area contributed by atoms with E-state index < -0.39 is 26.5 Å². The third-order valence-electron chi connectivity index (χ3n) is 6.53. The van der Waals surface area contributed by atoms with Crippen LogP contribution in [0.4, 0.5) is 0 Å². The first-order chi connectivity index (χ1) is 15.1. The highest BCUT2D eigenvalue weighted by molar-refractivity contribution is 6.99. The molecule has 0 radical (unpaired) electrons. The predicted octanol–water partition coefficient (Wildman–Crippen LogP) is 3.84. The minimum Gasteiger partial charge on any atom is -0.396 e. The SMILES string of the molecule is CO[C@@H]1O[C@@H](C)[C@H]2OC(C)(C)O[C@H]2[C@@H]1O[Si](c1ccccc1)(c1ccccc1)C(C)(C)C. The molecule has 0 bridgehead atoms. The second-order valence-corrected chi connectivity index (χ2v) is 14.5. The number of hydrogen-bond donors (Lipinski definition) is 0. The van der Waals surface area contributed by atoms with Gasteiger partial charge >= 0.3 is 0 Å². The number of hydrogen-bond acceptors (Lipinski definition) is 5. The molecule has 2 fully saturated rings. The first-order valence-corrected chi connectivity index (χ1v) is 13.3. The Kier molecular flexibility index (Phi) is 6.40. The van der Waals surface area contributed by atoms with E-state index in [-0.39, 0.29) is 23.4 Å². The molecular formula is C26H36O5Si. The van der Waals surface area contributed by atoms with Crippen molar-refractivity contribution >= 4 is 18.7 Å². The molecule has 2 saturated heterocycles. The lowest BCUT2D eigenvalue weighted by Gasteiger charge is -2.49. The van der Waals surface area contributed by atoms with E-state index in [2.05, 4.69) is 69.3 Å². The smallest absolute Gasteiger partial charge is 0.261 e. The Morgan fingerprint density at radius 1 is 0.844 bits per heavy atom. The molecule has 0 spiro atoms. The normalized spacial score (nSPS) is 30.2. The van der Waals surface area contributed by atoms with Crippen LogP contribution in [0.3, 0.4) is 0 Å². The highest BCUT2D eigenvalue weighted by Gasteiger charge is 2.59. The molecule has 2 aromatic carbocycles. The van der Waals surface area contributed by atoms with Gasteiger partial charge in [0.2, 0.25) is 0 Å². The summed E-state index contributed by atoms with van der Waals surface area (Å²) in [6.07, 6.45) is -1.66. The Labute approximate surface area is 193 Å². The van der Waals surface area contributed by atoms with Gasteiger partial charge in [0.1, 0.15) is 18.3 Å². The second-order valence-electron chi connectivity index (χ2n) is 10.3. The molecule has 0 saturated carbocycles. The van der Waals surface area contributed by atoms with Gasteiger partial charge in [-0.1, -0.05) is 81.4 Å². The van der Waals surface area contributed by atoms with Crippen LogP contribution in [0.1, 0.15) is 41.5 Å². The molecule has 6 heteroatoms. The van der Waals surface area contributed by atoms with E-state index in [0.717, 1.165) is 0 Å². The maximum atomic E-state index is 7.36. The van der Waals surface area contributed by atoms with Crippen molar-refractivity contribution in [3.05, 3.63) is 60.7 Å². The molecular weight excluding hydrogens is 420 g/mol. The van der Waals surface area contributed by atoms with Crippen LogP contribution in [-0.4, -0.2) is 51.9 Å². The number of rotatable bonds is 5. The Hall–Kier alpha value is -1.54. The molecule has 0 aliphatic carbocycles. The zero-order valence-electron chi connectivity index (χ0n) is 20.2. The van der Waals surface area contributed by atoms with E-state index in [1.807, 2.05) is 32.9 Å². The van der Waals surface area contributed by atoms with Crippen molar-refractivity contribution in [2.24, 2.45) is 0 Å². The molecule has 5 atom stereocenters. The summed E-state index contributed by atoms with van der Waals surface area (Å²) in [6.45, 7) is 12.7. The van der Waals surface area contributed by atoms with Gasteiger partial charge in [-0.05, 0) is 36.2 Å². The highest BCUT2D eigenvalue weighted by atomic mass is 28.4. The quantitative estimate of drug-likeness (QED) is 0.640. The van der Waals surface area contributed by atoms with Gasteiger partial charge in [0.15, 0.2) is 12.1 Å². The Bertz CT molecular complexity index is 856. The number of ether oxygens (including phenoxy) is 4. The topological polar surface area (TPSA) is 46.2 Å². The number of benzene rings is 2. The zero-order valence-corrected chi connectivity index (χ0v) is 21.2. The lowest BCUT2D eigenvalue weighted by atomic mass is 10.0. The standard InChI is InChI=1S/C26H36O5Si/c1-18-21-22(30-26(5,6)29-21)23(24(27-7)28-18)31-32(25(2,3)4,19-14-10-8-11-15-19)20-16-12-9-13-17-20/h8-18,21-24H,1-7H3/t18-,21+,22+,23-,24+/m0/s1. The van der Waals surface area contributed by atoms with Crippen LogP contribution >= 0.6 is 0 Å². The molecule has 174 valence electrons. The molecule has 2 aromatic rings.